The summed E-state index contributed by atoms with van der Waals surface area (Å²) in [5.74, 6) is -1.03. The lowest BCUT2D eigenvalue weighted by Gasteiger charge is -2.08. The molecule has 0 aliphatic rings. The van der Waals surface area contributed by atoms with Crippen molar-refractivity contribution < 1.29 is 9.90 Å². The summed E-state index contributed by atoms with van der Waals surface area (Å²) in [5, 5.41) is 9.24. The van der Waals surface area contributed by atoms with Crippen LogP contribution in [0.3, 0.4) is 0 Å². The lowest BCUT2D eigenvalue weighted by molar-refractivity contribution is -0.131. The van der Waals surface area contributed by atoms with Crippen LogP contribution in [0.25, 0.3) is 22.7 Å². The van der Waals surface area contributed by atoms with E-state index in [1.165, 1.54) is 10.6 Å². The molecular formula is C17H12N2O3S. The lowest BCUT2D eigenvalue weighted by Crippen LogP contribution is -2.20. The maximum absolute atomic E-state index is 12.7. The average molecular weight is 324 g/mol. The summed E-state index contributed by atoms with van der Waals surface area (Å²) in [7, 11) is 0. The normalized spacial score (nSPS) is 11.1. The SMILES string of the molecule is O=C(O)/C=C/c1cccc(-n2c(=S)[nH]c3ccccc3c2=O)c1. The number of carbonyl (C=O) groups is 1. The number of aliphatic carboxylic acids is 1. The molecule has 3 aromatic rings. The van der Waals surface area contributed by atoms with Gasteiger partial charge in [-0.1, -0.05) is 24.3 Å². The van der Waals surface area contributed by atoms with Gasteiger partial charge >= 0.3 is 5.97 Å². The number of H-pyrrole nitrogens is 1. The molecule has 2 N–H and O–H groups in total. The highest BCUT2D eigenvalue weighted by Crippen LogP contribution is 2.13. The van der Waals surface area contributed by atoms with E-state index >= 15 is 0 Å². The second kappa shape index (κ2) is 6.02. The first-order valence-electron chi connectivity index (χ1n) is 6.82. The highest BCUT2D eigenvalue weighted by molar-refractivity contribution is 7.71. The number of hydrogen-bond acceptors (Lipinski definition) is 3. The molecule has 0 radical (unpaired) electrons. The molecule has 23 heavy (non-hydrogen) atoms. The van der Waals surface area contributed by atoms with Gasteiger partial charge in [-0.2, -0.15) is 0 Å². The molecule has 0 bridgehead atoms. The Morgan fingerprint density at radius 1 is 1.17 bits per heavy atom. The minimum Gasteiger partial charge on any atom is -0.478 e. The van der Waals surface area contributed by atoms with Crippen molar-refractivity contribution in [1.82, 2.24) is 9.55 Å². The molecule has 1 heterocycles. The number of benzene rings is 2. The summed E-state index contributed by atoms with van der Waals surface area (Å²) in [6, 6.07) is 14.1. The monoisotopic (exact) mass is 324 g/mol. The van der Waals surface area contributed by atoms with Crippen molar-refractivity contribution in [3.05, 3.63) is 75.3 Å². The summed E-state index contributed by atoms with van der Waals surface area (Å²) >= 11 is 5.29. The average Bonchev–Trinajstić information content (AvgIpc) is 2.53. The van der Waals surface area contributed by atoms with Crippen molar-refractivity contribution >= 4 is 35.2 Å². The lowest BCUT2D eigenvalue weighted by atomic mass is 10.2. The number of hydrogen-bond donors (Lipinski definition) is 2. The summed E-state index contributed by atoms with van der Waals surface area (Å²) in [5.41, 5.74) is 1.71. The molecule has 0 spiro atoms. The number of nitrogens with one attached hydrogen (secondary N) is 1. The van der Waals surface area contributed by atoms with Gasteiger partial charge < -0.3 is 10.1 Å². The molecule has 5 nitrogen and oxygen atoms in total. The van der Waals surface area contributed by atoms with Gasteiger partial charge in [-0.05, 0) is 48.1 Å². The number of aromatic nitrogens is 2. The van der Waals surface area contributed by atoms with Gasteiger partial charge in [-0.3, -0.25) is 9.36 Å². The molecule has 6 heteroatoms. The van der Waals surface area contributed by atoms with E-state index in [1.54, 1.807) is 42.5 Å². The fraction of sp³-hybridized carbons (Fsp3) is 0. The van der Waals surface area contributed by atoms with Crippen LogP contribution in [0.5, 0.6) is 0 Å². The van der Waals surface area contributed by atoms with Gasteiger partial charge in [0.25, 0.3) is 5.56 Å². The predicted molar refractivity (Wildman–Crippen MR) is 91.4 cm³/mol. The van der Waals surface area contributed by atoms with Gasteiger partial charge in [0.1, 0.15) is 0 Å². The van der Waals surface area contributed by atoms with Gasteiger partial charge in [0.05, 0.1) is 16.6 Å². The van der Waals surface area contributed by atoms with E-state index in [0.29, 0.717) is 22.2 Å². The van der Waals surface area contributed by atoms with Crippen molar-refractivity contribution in [1.29, 1.82) is 0 Å². The van der Waals surface area contributed by atoms with Crippen LogP contribution in [0.2, 0.25) is 0 Å². The Labute approximate surface area is 136 Å². The van der Waals surface area contributed by atoms with Crippen LogP contribution >= 0.6 is 12.2 Å². The number of nitrogens with zero attached hydrogens (tertiary/aromatic N) is 1. The van der Waals surface area contributed by atoms with E-state index in [2.05, 4.69) is 4.98 Å². The Bertz CT molecular complexity index is 1050. The largest absolute Gasteiger partial charge is 0.478 e. The molecule has 0 aliphatic heterocycles. The maximum atomic E-state index is 12.7. The van der Waals surface area contributed by atoms with Crippen molar-refractivity contribution in [3.8, 4) is 5.69 Å². The highest BCUT2D eigenvalue weighted by Gasteiger charge is 2.07. The zero-order chi connectivity index (χ0) is 16.4. The van der Waals surface area contributed by atoms with E-state index in [9.17, 15) is 9.59 Å². The van der Waals surface area contributed by atoms with Crippen LogP contribution in [-0.4, -0.2) is 20.6 Å². The third-order valence-corrected chi connectivity index (χ3v) is 3.64. The predicted octanol–water partition coefficient (Wildman–Crippen LogP) is 3.15. The van der Waals surface area contributed by atoms with E-state index < -0.39 is 5.97 Å². The van der Waals surface area contributed by atoms with E-state index in [1.807, 2.05) is 6.07 Å². The third kappa shape index (κ3) is 2.97. The zero-order valence-electron chi connectivity index (χ0n) is 11.9. The maximum Gasteiger partial charge on any atom is 0.328 e. The molecule has 0 fully saturated rings. The third-order valence-electron chi connectivity index (χ3n) is 3.35. The summed E-state index contributed by atoms with van der Waals surface area (Å²) in [4.78, 5) is 26.3. The molecule has 2 aromatic carbocycles. The van der Waals surface area contributed by atoms with E-state index in [-0.39, 0.29) is 10.3 Å². The summed E-state index contributed by atoms with van der Waals surface area (Å²) in [6.45, 7) is 0. The number of carboxylic acid groups (broad SMARTS) is 1. The minimum absolute atomic E-state index is 0.219. The first-order chi connectivity index (χ1) is 11.1. The highest BCUT2D eigenvalue weighted by atomic mass is 32.1. The van der Waals surface area contributed by atoms with Gasteiger partial charge in [0, 0.05) is 6.08 Å². The Hall–Kier alpha value is -2.99. The Morgan fingerprint density at radius 2 is 1.96 bits per heavy atom. The molecule has 0 unspecified atom stereocenters. The van der Waals surface area contributed by atoms with Gasteiger partial charge in [0.2, 0.25) is 0 Å². The fourth-order valence-electron chi connectivity index (χ4n) is 2.33. The molecule has 0 atom stereocenters. The molecule has 3 rings (SSSR count). The second-order valence-electron chi connectivity index (χ2n) is 4.88. The van der Waals surface area contributed by atoms with Crippen LogP contribution in [0, 0.1) is 4.77 Å². The Kier molecular flexibility index (Phi) is 3.91. The van der Waals surface area contributed by atoms with Gasteiger partial charge in [-0.15, -0.1) is 0 Å². The van der Waals surface area contributed by atoms with Gasteiger partial charge in [-0.25, -0.2) is 4.79 Å². The Balaban J connectivity index is 2.21. The molecule has 0 saturated heterocycles. The van der Waals surface area contributed by atoms with Crippen LogP contribution < -0.4 is 5.56 Å². The van der Waals surface area contributed by atoms with E-state index in [0.717, 1.165) is 6.08 Å². The molecule has 0 amide bonds. The summed E-state index contributed by atoms with van der Waals surface area (Å²) < 4.78 is 1.68. The number of rotatable bonds is 3. The quantitative estimate of drug-likeness (QED) is 0.573. The molecular weight excluding hydrogens is 312 g/mol. The van der Waals surface area contributed by atoms with Crippen molar-refractivity contribution in [2.45, 2.75) is 0 Å². The molecule has 0 saturated carbocycles. The van der Waals surface area contributed by atoms with E-state index in [4.69, 9.17) is 17.3 Å². The first-order valence-corrected chi connectivity index (χ1v) is 7.22. The molecule has 114 valence electrons. The Morgan fingerprint density at radius 3 is 2.74 bits per heavy atom. The van der Waals surface area contributed by atoms with Gasteiger partial charge in [0.15, 0.2) is 4.77 Å². The number of fused-ring (bicyclic) bond motifs is 1. The zero-order valence-corrected chi connectivity index (χ0v) is 12.7. The smallest absolute Gasteiger partial charge is 0.328 e. The van der Waals surface area contributed by atoms with Crippen molar-refractivity contribution in [2.75, 3.05) is 0 Å². The van der Waals surface area contributed by atoms with Crippen LogP contribution in [0.1, 0.15) is 5.56 Å². The van der Waals surface area contributed by atoms with Crippen LogP contribution in [0.4, 0.5) is 0 Å². The van der Waals surface area contributed by atoms with Crippen molar-refractivity contribution in [3.63, 3.8) is 0 Å². The fourth-order valence-corrected chi connectivity index (χ4v) is 2.63. The van der Waals surface area contributed by atoms with Crippen molar-refractivity contribution in [2.24, 2.45) is 0 Å². The number of para-hydroxylation sites is 1. The van der Waals surface area contributed by atoms with Crippen LogP contribution in [-0.2, 0) is 4.79 Å². The minimum atomic E-state index is -1.03. The van der Waals surface area contributed by atoms with Crippen LogP contribution in [0.15, 0.2) is 59.4 Å². The second-order valence-corrected chi connectivity index (χ2v) is 5.27. The molecule has 1 aromatic heterocycles. The first kappa shape index (κ1) is 14.9. The molecule has 0 aliphatic carbocycles. The number of carboxylic acids is 1. The number of aromatic amines is 1. The topological polar surface area (TPSA) is 75.1 Å². The standard InChI is InChI=1S/C17H12N2O3S/c20-15(21)9-8-11-4-3-5-12(10-11)19-16(22)13-6-1-2-7-14(13)18-17(19)23/h1-10H,(H,18,23)(H,20,21)/b9-8+. The summed E-state index contributed by atoms with van der Waals surface area (Å²) in [6.07, 6.45) is 2.51.